The zero-order valence-corrected chi connectivity index (χ0v) is 15.9. The van der Waals surface area contributed by atoms with Gasteiger partial charge in [-0.1, -0.05) is 25.5 Å². The van der Waals surface area contributed by atoms with Crippen molar-refractivity contribution >= 4 is 33.6 Å². The van der Waals surface area contributed by atoms with Crippen molar-refractivity contribution in [3.05, 3.63) is 40.0 Å². The van der Waals surface area contributed by atoms with Crippen molar-refractivity contribution in [2.45, 2.75) is 40.0 Å². The van der Waals surface area contributed by atoms with Gasteiger partial charge in [0.05, 0.1) is 24.5 Å². The van der Waals surface area contributed by atoms with Gasteiger partial charge in [0.25, 0.3) is 0 Å². The molecule has 0 amide bonds. The highest BCUT2D eigenvalue weighted by atomic mass is 79.9. The maximum Gasteiger partial charge on any atom is 0.355 e. The molecule has 0 unspecified atom stereocenters. The van der Waals surface area contributed by atoms with E-state index < -0.39 is 11.9 Å². The van der Waals surface area contributed by atoms with Gasteiger partial charge in [0, 0.05) is 4.47 Å². The van der Waals surface area contributed by atoms with Gasteiger partial charge in [-0.15, -0.1) is 0 Å². The number of benzene rings is 1. The summed E-state index contributed by atoms with van der Waals surface area (Å²) in [5.74, 6) is -1.05. The molecule has 0 saturated heterocycles. The number of anilines is 1. The number of hydrogen-bond acceptors (Lipinski definition) is 5. The molecule has 0 aromatic heterocycles. The van der Waals surface area contributed by atoms with Crippen LogP contribution in [-0.4, -0.2) is 25.2 Å². The Balaban J connectivity index is 3.30. The molecule has 1 rings (SSSR count). The van der Waals surface area contributed by atoms with Crippen LogP contribution in [0, 0.1) is 0 Å². The lowest BCUT2D eigenvalue weighted by molar-refractivity contribution is -0.141. The van der Waals surface area contributed by atoms with Crippen LogP contribution in [0.25, 0.3) is 0 Å². The first-order valence-corrected chi connectivity index (χ1v) is 8.93. The average molecular weight is 398 g/mol. The minimum atomic E-state index is -0.563. The number of nitrogens with one attached hydrogen (secondary N) is 1. The molecule has 0 aliphatic rings. The molecule has 1 aromatic rings. The Bertz CT molecular complexity index is 598. The maximum absolute atomic E-state index is 12.4. The van der Waals surface area contributed by atoms with Crippen LogP contribution in [0.5, 0.6) is 0 Å². The second kappa shape index (κ2) is 10.9. The predicted octanol–water partition coefficient (Wildman–Crippen LogP) is 4.43. The van der Waals surface area contributed by atoms with Crippen LogP contribution in [0.1, 0.15) is 40.0 Å². The van der Waals surface area contributed by atoms with Crippen molar-refractivity contribution in [2.24, 2.45) is 0 Å². The Kier molecular flexibility index (Phi) is 9.15. The van der Waals surface area contributed by atoms with Crippen molar-refractivity contribution < 1.29 is 19.1 Å². The highest BCUT2D eigenvalue weighted by Crippen LogP contribution is 2.25. The summed E-state index contributed by atoms with van der Waals surface area (Å²) in [6.07, 6.45) is 2.11. The molecule has 0 aliphatic carbocycles. The zero-order valence-electron chi connectivity index (χ0n) is 14.4. The van der Waals surface area contributed by atoms with Crippen LogP contribution < -0.4 is 5.32 Å². The molecule has 0 atom stereocenters. The summed E-state index contributed by atoms with van der Waals surface area (Å²) in [4.78, 5) is 24.7. The molecule has 0 aliphatic heterocycles. The molecule has 1 aromatic carbocycles. The lowest BCUT2D eigenvalue weighted by atomic mass is 10.1. The molecule has 0 radical (unpaired) electrons. The Morgan fingerprint density at radius 1 is 1.04 bits per heavy atom. The van der Waals surface area contributed by atoms with E-state index in [4.69, 9.17) is 9.47 Å². The maximum atomic E-state index is 12.4. The third-order valence-corrected chi connectivity index (χ3v) is 3.91. The van der Waals surface area contributed by atoms with E-state index in [0.29, 0.717) is 17.7 Å². The number of ether oxygens (including phenoxy) is 2. The van der Waals surface area contributed by atoms with E-state index in [9.17, 15) is 9.59 Å². The molecule has 5 nitrogen and oxygen atoms in total. The second-order valence-electron chi connectivity index (χ2n) is 5.00. The topological polar surface area (TPSA) is 64.6 Å². The highest BCUT2D eigenvalue weighted by molar-refractivity contribution is 9.10. The summed E-state index contributed by atoms with van der Waals surface area (Å²) in [5, 5.41) is 3.04. The van der Waals surface area contributed by atoms with Gasteiger partial charge in [-0.2, -0.15) is 0 Å². The number of esters is 2. The van der Waals surface area contributed by atoms with Crippen molar-refractivity contribution in [3.63, 3.8) is 0 Å². The number of carbonyl (C=O) groups excluding carboxylic acids is 2. The Morgan fingerprint density at radius 2 is 1.67 bits per heavy atom. The van der Waals surface area contributed by atoms with E-state index in [0.717, 1.165) is 17.3 Å². The lowest BCUT2D eigenvalue weighted by Crippen LogP contribution is -2.22. The Morgan fingerprint density at radius 3 is 2.25 bits per heavy atom. The van der Waals surface area contributed by atoms with E-state index in [1.165, 1.54) is 0 Å². The number of para-hydroxylation sites is 1. The summed E-state index contributed by atoms with van der Waals surface area (Å²) in [7, 11) is 0. The molecule has 0 fully saturated rings. The molecule has 1 N–H and O–H groups in total. The van der Waals surface area contributed by atoms with Crippen LogP contribution in [0.15, 0.2) is 40.0 Å². The lowest BCUT2D eigenvalue weighted by Gasteiger charge is -2.16. The number of halogens is 1. The van der Waals surface area contributed by atoms with E-state index in [1.807, 2.05) is 31.2 Å². The summed E-state index contributed by atoms with van der Waals surface area (Å²) >= 11 is 3.43. The van der Waals surface area contributed by atoms with Crippen molar-refractivity contribution in [1.82, 2.24) is 0 Å². The fourth-order valence-corrected chi connectivity index (χ4v) is 2.43. The summed E-state index contributed by atoms with van der Waals surface area (Å²) in [5.41, 5.74) is 1.13. The van der Waals surface area contributed by atoms with Crippen LogP contribution in [0.3, 0.4) is 0 Å². The van der Waals surface area contributed by atoms with Gasteiger partial charge in [-0.25, -0.2) is 9.59 Å². The van der Waals surface area contributed by atoms with Gasteiger partial charge in [-0.3, -0.25) is 0 Å². The van der Waals surface area contributed by atoms with Gasteiger partial charge in [-0.05, 0) is 54.8 Å². The summed E-state index contributed by atoms with van der Waals surface area (Å²) in [6, 6.07) is 7.37. The number of hydrogen-bond donors (Lipinski definition) is 1. The predicted molar refractivity (Wildman–Crippen MR) is 97.6 cm³/mol. The SMILES string of the molecule is CCCC/C(C(=O)OCC)=C(/Nc1ccccc1Br)C(=O)OCC. The second-order valence-corrected chi connectivity index (χ2v) is 5.86. The molecule has 24 heavy (non-hydrogen) atoms. The fraction of sp³-hybridized carbons (Fsp3) is 0.444. The fourth-order valence-electron chi connectivity index (χ4n) is 2.05. The molecule has 0 saturated carbocycles. The largest absolute Gasteiger partial charge is 0.463 e. The first-order chi connectivity index (χ1) is 11.5. The van der Waals surface area contributed by atoms with Crippen molar-refractivity contribution in [3.8, 4) is 0 Å². The first-order valence-electron chi connectivity index (χ1n) is 8.14. The minimum absolute atomic E-state index is 0.135. The third-order valence-electron chi connectivity index (χ3n) is 3.22. The highest BCUT2D eigenvalue weighted by Gasteiger charge is 2.23. The zero-order chi connectivity index (χ0) is 17.9. The van der Waals surface area contributed by atoms with Crippen molar-refractivity contribution in [2.75, 3.05) is 18.5 Å². The Hall–Kier alpha value is -1.82. The molecule has 0 bridgehead atoms. The van der Waals surface area contributed by atoms with Crippen LogP contribution in [0.4, 0.5) is 5.69 Å². The van der Waals surface area contributed by atoms with E-state index in [2.05, 4.69) is 21.2 Å². The molecule has 6 heteroatoms. The van der Waals surface area contributed by atoms with Gasteiger partial charge >= 0.3 is 11.9 Å². The van der Waals surface area contributed by atoms with Crippen LogP contribution in [0.2, 0.25) is 0 Å². The van der Waals surface area contributed by atoms with Gasteiger partial charge in [0.2, 0.25) is 0 Å². The Labute approximate surface area is 151 Å². The number of carbonyl (C=O) groups is 2. The minimum Gasteiger partial charge on any atom is -0.463 e. The third kappa shape index (κ3) is 6.00. The molecule has 0 heterocycles. The van der Waals surface area contributed by atoms with Gasteiger partial charge in [0.15, 0.2) is 0 Å². The monoisotopic (exact) mass is 397 g/mol. The van der Waals surface area contributed by atoms with Crippen LogP contribution >= 0.6 is 15.9 Å². The van der Waals surface area contributed by atoms with Crippen molar-refractivity contribution in [1.29, 1.82) is 0 Å². The van der Waals surface area contributed by atoms with Gasteiger partial charge in [0.1, 0.15) is 5.70 Å². The number of rotatable bonds is 9. The quantitative estimate of drug-likeness (QED) is 0.493. The smallest absolute Gasteiger partial charge is 0.355 e. The van der Waals surface area contributed by atoms with Crippen LogP contribution in [-0.2, 0) is 19.1 Å². The standard InChI is InChI=1S/C18H24BrNO4/c1-4-7-10-13(17(21)23-5-2)16(18(22)24-6-3)20-15-12-9-8-11-14(15)19/h8-9,11-12,20H,4-7,10H2,1-3H3/b16-13-. The van der Waals surface area contributed by atoms with E-state index in [-0.39, 0.29) is 18.9 Å². The average Bonchev–Trinajstić information content (AvgIpc) is 2.56. The molecular weight excluding hydrogens is 374 g/mol. The molecule has 132 valence electrons. The molecular formula is C18H24BrNO4. The summed E-state index contributed by atoms with van der Waals surface area (Å²) < 4.78 is 11.0. The van der Waals surface area contributed by atoms with E-state index in [1.54, 1.807) is 13.8 Å². The number of unbranched alkanes of at least 4 members (excludes halogenated alkanes) is 1. The van der Waals surface area contributed by atoms with Gasteiger partial charge < -0.3 is 14.8 Å². The van der Waals surface area contributed by atoms with E-state index >= 15 is 0 Å². The molecule has 0 spiro atoms. The first kappa shape index (κ1) is 20.2. The summed E-state index contributed by atoms with van der Waals surface area (Å²) in [6.45, 7) is 5.96. The normalized spacial score (nSPS) is 11.5.